The molecule has 0 spiro atoms. The molecule has 0 saturated carbocycles. The minimum Gasteiger partial charge on any atom is -0.299 e. The highest BCUT2D eigenvalue weighted by Gasteiger charge is 2.43. The normalized spacial score (nSPS) is 22.0. The van der Waals surface area contributed by atoms with E-state index in [1.165, 1.54) is 10.5 Å². The number of anilines is 1. The van der Waals surface area contributed by atoms with Gasteiger partial charge in [-0.15, -0.1) is 0 Å². The smallest absolute Gasteiger partial charge is 0.259 e. The third-order valence-corrected chi connectivity index (χ3v) is 7.63. The lowest BCUT2D eigenvalue weighted by Gasteiger charge is -2.37. The van der Waals surface area contributed by atoms with Gasteiger partial charge in [0.25, 0.3) is 5.91 Å². The first-order valence-corrected chi connectivity index (χ1v) is 12.1. The van der Waals surface area contributed by atoms with Crippen LogP contribution >= 0.6 is 0 Å². The van der Waals surface area contributed by atoms with Crippen LogP contribution in [0.5, 0.6) is 0 Å². The van der Waals surface area contributed by atoms with E-state index in [0.29, 0.717) is 48.1 Å². The molecular weight excluding hydrogens is 445 g/mol. The topological polar surface area (TPSA) is 69.7 Å². The molecule has 2 fully saturated rings. The number of piperidine rings is 2. The minimum atomic E-state index is -1.49. The van der Waals surface area contributed by atoms with E-state index in [9.17, 15) is 14.4 Å². The molecule has 2 saturated heterocycles. The predicted molar refractivity (Wildman–Crippen MR) is 131 cm³/mol. The summed E-state index contributed by atoms with van der Waals surface area (Å²) in [5.41, 5.74) is 1.43. The van der Waals surface area contributed by atoms with Crippen LogP contribution in [0.1, 0.15) is 47.2 Å². The summed E-state index contributed by atoms with van der Waals surface area (Å²) in [6.07, 6.45) is 1.22. The van der Waals surface area contributed by atoms with Crippen molar-refractivity contribution in [3.8, 4) is 0 Å². The second-order valence-corrected chi connectivity index (χ2v) is 9.73. The van der Waals surface area contributed by atoms with Crippen molar-refractivity contribution in [1.29, 1.82) is 0 Å². The Morgan fingerprint density at radius 2 is 1.71 bits per heavy atom. The van der Waals surface area contributed by atoms with Gasteiger partial charge in [-0.1, -0.05) is 48.5 Å². The Hall–Kier alpha value is -3.58. The minimum absolute atomic E-state index is 0.185. The Morgan fingerprint density at radius 1 is 0.943 bits per heavy atom. The van der Waals surface area contributed by atoms with Gasteiger partial charge in [-0.05, 0) is 47.9 Å². The number of carbonyl (C=O) groups excluding carboxylic acids is 3. The van der Waals surface area contributed by atoms with Crippen molar-refractivity contribution < 1.29 is 18.8 Å². The van der Waals surface area contributed by atoms with E-state index in [1.54, 1.807) is 18.2 Å². The highest BCUT2D eigenvalue weighted by atomic mass is 19.1. The maximum absolute atomic E-state index is 16.5. The highest BCUT2D eigenvalue weighted by Crippen LogP contribution is 2.46. The van der Waals surface area contributed by atoms with Gasteiger partial charge in [0.2, 0.25) is 11.8 Å². The van der Waals surface area contributed by atoms with E-state index in [2.05, 4.69) is 22.3 Å². The molecule has 7 heteroatoms. The molecule has 3 aliphatic heterocycles. The number of imide groups is 1. The number of nitrogens with zero attached hydrogens (tertiary/aromatic N) is 2. The van der Waals surface area contributed by atoms with Gasteiger partial charge in [0, 0.05) is 37.0 Å². The first-order valence-electron chi connectivity index (χ1n) is 12.1. The lowest BCUT2D eigenvalue weighted by atomic mass is 9.82. The number of likely N-dealkylation sites (tertiary alicyclic amines) is 1. The van der Waals surface area contributed by atoms with Crippen molar-refractivity contribution in [3.05, 3.63) is 77.4 Å². The molecule has 3 aliphatic rings. The number of hydrogen-bond donors (Lipinski definition) is 1. The Morgan fingerprint density at radius 3 is 2.46 bits per heavy atom. The molecule has 3 aromatic rings. The van der Waals surface area contributed by atoms with Crippen LogP contribution in [0, 0.1) is 0 Å². The Labute approximate surface area is 202 Å². The average Bonchev–Trinajstić information content (AvgIpc) is 3.14. The Bertz CT molecular complexity index is 1350. The van der Waals surface area contributed by atoms with E-state index in [4.69, 9.17) is 0 Å². The fourth-order valence-electron chi connectivity index (χ4n) is 5.81. The van der Waals surface area contributed by atoms with Gasteiger partial charge in [0.05, 0.1) is 5.69 Å². The molecule has 3 amide bonds. The molecule has 0 bridgehead atoms. The zero-order chi connectivity index (χ0) is 24.2. The Balaban J connectivity index is 1.31. The zero-order valence-electron chi connectivity index (χ0n) is 19.3. The number of carbonyl (C=O) groups is 3. The quantitative estimate of drug-likeness (QED) is 0.583. The maximum Gasteiger partial charge on any atom is 0.259 e. The molecule has 178 valence electrons. The van der Waals surface area contributed by atoms with Crippen molar-refractivity contribution in [2.24, 2.45) is 0 Å². The largest absolute Gasteiger partial charge is 0.299 e. The van der Waals surface area contributed by atoms with E-state index in [-0.39, 0.29) is 24.7 Å². The lowest BCUT2D eigenvalue weighted by molar-refractivity contribution is -0.134. The van der Waals surface area contributed by atoms with Crippen molar-refractivity contribution in [2.45, 2.75) is 43.9 Å². The predicted octanol–water partition coefficient (Wildman–Crippen LogP) is 4.07. The summed E-state index contributed by atoms with van der Waals surface area (Å²) < 4.78 is 16.5. The monoisotopic (exact) mass is 471 g/mol. The number of halogens is 1. The fourth-order valence-corrected chi connectivity index (χ4v) is 5.81. The van der Waals surface area contributed by atoms with Crippen LogP contribution in [0.25, 0.3) is 10.8 Å². The molecule has 6 rings (SSSR count). The first-order chi connectivity index (χ1) is 16.9. The van der Waals surface area contributed by atoms with Gasteiger partial charge in [-0.2, -0.15) is 0 Å². The molecule has 6 nitrogen and oxygen atoms in total. The summed E-state index contributed by atoms with van der Waals surface area (Å²) in [4.78, 5) is 41.3. The average molecular weight is 472 g/mol. The van der Waals surface area contributed by atoms with Crippen LogP contribution in [0.15, 0.2) is 60.7 Å². The van der Waals surface area contributed by atoms with Crippen molar-refractivity contribution in [1.82, 2.24) is 10.2 Å². The fraction of sp³-hybridized carbons (Fsp3) is 0.321. The van der Waals surface area contributed by atoms with Crippen LogP contribution in [0.3, 0.4) is 0 Å². The van der Waals surface area contributed by atoms with Crippen LogP contribution in [-0.4, -0.2) is 41.8 Å². The van der Waals surface area contributed by atoms with Crippen molar-refractivity contribution in [2.75, 3.05) is 18.0 Å². The first kappa shape index (κ1) is 21.9. The molecule has 3 aromatic carbocycles. The molecule has 3 heterocycles. The van der Waals surface area contributed by atoms with Crippen molar-refractivity contribution >= 4 is 34.2 Å². The maximum atomic E-state index is 16.5. The van der Waals surface area contributed by atoms with E-state index in [1.807, 2.05) is 30.3 Å². The number of amides is 3. The van der Waals surface area contributed by atoms with E-state index < -0.39 is 17.6 Å². The summed E-state index contributed by atoms with van der Waals surface area (Å²) in [6, 6.07) is 18.4. The molecule has 1 atom stereocenters. The standard InChI is InChI=1S/C28H26FN3O3/c29-28(13-15-31(16-14-28)17-18-5-2-1-3-6-18)21-10-9-20-25-19(21)7-4-8-22(25)32(27(20)35)23-11-12-24(33)30-26(23)34/h1-10,23H,11-17H2,(H,30,33,34). The molecule has 35 heavy (non-hydrogen) atoms. The van der Waals surface area contributed by atoms with Gasteiger partial charge in [0.1, 0.15) is 11.7 Å². The molecule has 0 aromatic heterocycles. The molecule has 0 radical (unpaired) electrons. The second kappa shape index (κ2) is 8.27. The number of benzene rings is 3. The van der Waals surface area contributed by atoms with Crippen LogP contribution in [0.4, 0.5) is 10.1 Å². The van der Waals surface area contributed by atoms with Crippen LogP contribution in [0.2, 0.25) is 0 Å². The molecule has 1 N–H and O–H groups in total. The third kappa shape index (κ3) is 3.62. The SMILES string of the molecule is O=C1CCC(N2C(=O)c3ccc(C4(F)CCN(Cc5ccccc5)CC4)c4cccc2c34)C(=O)N1. The van der Waals surface area contributed by atoms with Gasteiger partial charge in [-0.25, -0.2) is 4.39 Å². The molecule has 0 aliphatic carbocycles. The lowest BCUT2D eigenvalue weighted by Crippen LogP contribution is -2.53. The van der Waals surface area contributed by atoms with Crippen molar-refractivity contribution in [3.63, 3.8) is 0 Å². The number of rotatable bonds is 4. The number of alkyl halides is 1. The zero-order valence-corrected chi connectivity index (χ0v) is 19.3. The summed E-state index contributed by atoms with van der Waals surface area (Å²) >= 11 is 0. The van der Waals surface area contributed by atoms with E-state index >= 15 is 4.39 Å². The summed E-state index contributed by atoms with van der Waals surface area (Å²) in [6.45, 7) is 2.10. The van der Waals surface area contributed by atoms with Crippen LogP contribution in [-0.2, 0) is 21.8 Å². The summed E-state index contributed by atoms with van der Waals surface area (Å²) in [7, 11) is 0. The summed E-state index contributed by atoms with van der Waals surface area (Å²) in [5.74, 6) is -1.07. The molecular formula is C28H26FN3O3. The van der Waals surface area contributed by atoms with Crippen LogP contribution < -0.4 is 10.2 Å². The Kier molecular flexibility index (Phi) is 5.18. The number of hydrogen-bond acceptors (Lipinski definition) is 4. The van der Waals surface area contributed by atoms with Gasteiger partial charge in [-0.3, -0.25) is 29.5 Å². The third-order valence-electron chi connectivity index (χ3n) is 7.63. The summed E-state index contributed by atoms with van der Waals surface area (Å²) in [5, 5.41) is 3.76. The number of nitrogens with one attached hydrogen (secondary N) is 1. The van der Waals surface area contributed by atoms with E-state index in [0.717, 1.165) is 11.9 Å². The van der Waals surface area contributed by atoms with Gasteiger partial charge < -0.3 is 0 Å². The second-order valence-electron chi connectivity index (χ2n) is 9.73. The van der Waals surface area contributed by atoms with Gasteiger partial charge in [0.15, 0.2) is 0 Å². The molecule has 1 unspecified atom stereocenters. The highest BCUT2D eigenvalue weighted by molar-refractivity contribution is 6.27. The van der Waals surface area contributed by atoms with Gasteiger partial charge >= 0.3 is 0 Å².